The lowest BCUT2D eigenvalue weighted by Crippen LogP contribution is -2.09. The lowest BCUT2D eigenvalue weighted by molar-refractivity contribution is 0.0988. The smallest absolute Gasteiger partial charge is 0.181 e. The topological polar surface area (TPSA) is 48.2 Å². The van der Waals surface area contributed by atoms with Crippen LogP contribution in [0.1, 0.15) is 22.0 Å². The van der Waals surface area contributed by atoms with Crippen LogP contribution in [0.25, 0.3) is 0 Å². The maximum atomic E-state index is 12.2. The number of hydrogen-bond acceptors (Lipinski definition) is 3. The third kappa shape index (κ3) is 2.37. The molecule has 1 aliphatic rings. The summed E-state index contributed by atoms with van der Waals surface area (Å²) < 4.78 is 5.13. The minimum Gasteiger partial charge on any atom is -0.497 e. The van der Waals surface area contributed by atoms with Gasteiger partial charge in [-0.1, -0.05) is 42.5 Å². The summed E-state index contributed by atoms with van der Waals surface area (Å²) in [6, 6.07) is 17.2. The number of rotatable bonds is 4. The molecule has 3 heteroatoms. The first-order valence-electron chi connectivity index (χ1n) is 6.29. The van der Waals surface area contributed by atoms with Gasteiger partial charge in [-0.05, 0) is 17.7 Å². The van der Waals surface area contributed by atoms with Gasteiger partial charge in [0.1, 0.15) is 5.75 Å². The maximum Gasteiger partial charge on any atom is 0.181 e. The summed E-state index contributed by atoms with van der Waals surface area (Å²) in [5.74, 6) is 0.983. The predicted octanol–water partition coefficient (Wildman–Crippen LogP) is 2.59. The van der Waals surface area contributed by atoms with Crippen LogP contribution in [0.3, 0.4) is 0 Å². The van der Waals surface area contributed by atoms with Gasteiger partial charge in [0.05, 0.1) is 19.2 Å². The summed E-state index contributed by atoms with van der Waals surface area (Å²) >= 11 is 0. The monoisotopic (exact) mass is 253 g/mol. The number of ketones is 1. The number of nitrogens with one attached hydrogen (secondary N) is 1. The van der Waals surface area contributed by atoms with Crippen molar-refractivity contribution in [3.8, 4) is 5.75 Å². The van der Waals surface area contributed by atoms with E-state index in [0.29, 0.717) is 0 Å². The van der Waals surface area contributed by atoms with Gasteiger partial charge < -0.3 is 4.74 Å². The molecule has 2 aromatic rings. The molecule has 0 radical (unpaired) electrons. The summed E-state index contributed by atoms with van der Waals surface area (Å²) in [5, 5.41) is 3.23. The zero-order valence-corrected chi connectivity index (χ0v) is 10.7. The quantitative estimate of drug-likeness (QED) is 0.673. The van der Waals surface area contributed by atoms with Gasteiger partial charge in [0.2, 0.25) is 0 Å². The first-order valence-corrected chi connectivity index (χ1v) is 6.29. The van der Waals surface area contributed by atoms with Gasteiger partial charge in [-0.15, -0.1) is 0 Å². The molecule has 1 N–H and O–H groups in total. The third-order valence-corrected chi connectivity index (χ3v) is 3.40. The van der Waals surface area contributed by atoms with Crippen LogP contribution in [0.15, 0.2) is 54.6 Å². The molecule has 2 atom stereocenters. The Morgan fingerprint density at radius 2 is 1.74 bits per heavy atom. The maximum absolute atomic E-state index is 12.2. The molecule has 0 saturated carbocycles. The Balaban J connectivity index is 1.72. The standard InChI is InChI=1S/C16H15NO2/c1-19-13-9-7-11(8-10-13)14-15(17-14)16(18)12-5-3-2-4-6-12/h2-10,14-15,17H,1H3/t14-,15+/m1/s1. The van der Waals surface area contributed by atoms with Crippen molar-refractivity contribution in [2.45, 2.75) is 12.1 Å². The SMILES string of the molecule is COc1ccc([C@H]2N[C@@H]2C(=O)c2ccccc2)cc1. The normalized spacial score (nSPS) is 20.9. The van der Waals surface area contributed by atoms with Gasteiger partial charge in [0, 0.05) is 5.56 Å². The number of methoxy groups -OCH3 is 1. The van der Waals surface area contributed by atoms with E-state index in [1.807, 2.05) is 54.6 Å². The van der Waals surface area contributed by atoms with Crippen LogP contribution in [0, 0.1) is 0 Å². The predicted molar refractivity (Wildman–Crippen MR) is 73.4 cm³/mol. The zero-order chi connectivity index (χ0) is 13.2. The van der Waals surface area contributed by atoms with Crippen LogP contribution in [-0.4, -0.2) is 18.9 Å². The van der Waals surface area contributed by atoms with E-state index < -0.39 is 0 Å². The fourth-order valence-electron chi connectivity index (χ4n) is 2.25. The Morgan fingerprint density at radius 1 is 1.05 bits per heavy atom. The summed E-state index contributed by atoms with van der Waals surface area (Å²) in [7, 11) is 1.64. The minimum absolute atomic E-state index is 0.101. The molecule has 1 heterocycles. The molecular formula is C16H15NO2. The molecule has 1 fully saturated rings. The van der Waals surface area contributed by atoms with E-state index >= 15 is 0 Å². The van der Waals surface area contributed by atoms with Gasteiger partial charge in [-0.3, -0.25) is 10.1 Å². The van der Waals surface area contributed by atoms with E-state index in [1.54, 1.807) is 7.11 Å². The highest BCUT2D eigenvalue weighted by Gasteiger charge is 2.43. The molecule has 0 bridgehead atoms. The van der Waals surface area contributed by atoms with E-state index in [-0.39, 0.29) is 17.9 Å². The van der Waals surface area contributed by atoms with Crippen molar-refractivity contribution >= 4 is 5.78 Å². The van der Waals surface area contributed by atoms with Crippen LogP contribution >= 0.6 is 0 Å². The highest BCUT2D eigenvalue weighted by Crippen LogP contribution is 2.32. The molecule has 0 spiro atoms. The number of carbonyl (C=O) groups is 1. The van der Waals surface area contributed by atoms with Crippen LogP contribution in [-0.2, 0) is 0 Å². The second kappa shape index (κ2) is 4.86. The molecule has 0 aliphatic carbocycles. The van der Waals surface area contributed by atoms with E-state index in [4.69, 9.17) is 4.74 Å². The summed E-state index contributed by atoms with van der Waals surface area (Å²) in [6.07, 6.45) is 0. The average molecular weight is 253 g/mol. The number of ether oxygens (including phenoxy) is 1. The Labute approximate surface area is 112 Å². The van der Waals surface area contributed by atoms with Crippen molar-refractivity contribution in [1.29, 1.82) is 0 Å². The Bertz CT molecular complexity index is 577. The van der Waals surface area contributed by atoms with Crippen LogP contribution in [0.4, 0.5) is 0 Å². The van der Waals surface area contributed by atoms with Gasteiger partial charge in [-0.2, -0.15) is 0 Å². The van der Waals surface area contributed by atoms with Gasteiger partial charge in [0.15, 0.2) is 5.78 Å². The summed E-state index contributed by atoms with van der Waals surface area (Å²) in [6.45, 7) is 0. The summed E-state index contributed by atoms with van der Waals surface area (Å²) in [4.78, 5) is 12.2. The fourth-order valence-corrected chi connectivity index (χ4v) is 2.25. The van der Waals surface area contributed by atoms with E-state index in [0.717, 1.165) is 16.9 Å². The molecule has 0 unspecified atom stereocenters. The molecule has 3 nitrogen and oxygen atoms in total. The molecule has 19 heavy (non-hydrogen) atoms. The van der Waals surface area contributed by atoms with E-state index in [2.05, 4.69) is 5.32 Å². The minimum atomic E-state index is -0.101. The van der Waals surface area contributed by atoms with Crippen molar-refractivity contribution in [3.63, 3.8) is 0 Å². The van der Waals surface area contributed by atoms with Gasteiger partial charge >= 0.3 is 0 Å². The van der Waals surface area contributed by atoms with E-state index in [1.165, 1.54) is 0 Å². The zero-order valence-electron chi connectivity index (χ0n) is 10.7. The van der Waals surface area contributed by atoms with Crippen molar-refractivity contribution < 1.29 is 9.53 Å². The first-order chi connectivity index (χ1) is 9.29. The average Bonchev–Trinajstić information content (AvgIpc) is 3.28. The number of carbonyl (C=O) groups excluding carboxylic acids is 1. The van der Waals surface area contributed by atoms with Crippen LogP contribution in [0.2, 0.25) is 0 Å². The molecule has 0 aromatic heterocycles. The Hall–Kier alpha value is -2.13. The number of Topliss-reactive ketones (excluding diaryl/α,β-unsaturated/α-hetero) is 1. The van der Waals surface area contributed by atoms with Crippen molar-refractivity contribution in [2.24, 2.45) is 0 Å². The molecule has 2 aromatic carbocycles. The van der Waals surface area contributed by atoms with Crippen molar-refractivity contribution in [3.05, 3.63) is 65.7 Å². The highest BCUT2D eigenvalue weighted by atomic mass is 16.5. The molecule has 96 valence electrons. The second-order valence-corrected chi connectivity index (χ2v) is 4.63. The molecule has 3 rings (SSSR count). The van der Waals surface area contributed by atoms with E-state index in [9.17, 15) is 4.79 Å². The van der Waals surface area contributed by atoms with Crippen molar-refractivity contribution in [1.82, 2.24) is 5.32 Å². The van der Waals surface area contributed by atoms with Crippen LogP contribution < -0.4 is 10.1 Å². The third-order valence-electron chi connectivity index (χ3n) is 3.40. The Kier molecular flexibility index (Phi) is 3.05. The van der Waals surface area contributed by atoms with Gasteiger partial charge in [0.25, 0.3) is 0 Å². The number of benzene rings is 2. The first kappa shape index (κ1) is 11.9. The summed E-state index contributed by atoms with van der Waals surface area (Å²) in [5.41, 5.74) is 1.88. The molecular weight excluding hydrogens is 238 g/mol. The fraction of sp³-hybridized carbons (Fsp3) is 0.188. The lowest BCUT2D eigenvalue weighted by atomic mass is 10.0. The molecule has 1 aliphatic heterocycles. The highest BCUT2D eigenvalue weighted by molar-refractivity contribution is 6.02. The second-order valence-electron chi connectivity index (χ2n) is 4.63. The van der Waals surface area contributed by atoms with Crippen molar-refractivity contribution in [2.75, 3.05) is 7.11 Å². The van der Waals surface area contributed by atoms with Crippen LogP contribution in [0.5, 0.6) is 5.75 Å². The van der Waals surface area contributed by atoms with Gasteiger partial charge in [-0.25, -0.2) is 0 Å². The lowest BCUT2D eigenvalue weighted by Gasteiger charge is -2.01. The number of hydrogen-bond donors (Lipinski definition) is 1. The molecule has 0 amide bonds. The Morgan fingerprint density at radius 3 is 2.37 bits per heavy atom. The largest absolute Gasteiger partial charge is 0.497 e. The molecule has 1 saturated heterocycles.